The lowest BCUT2D eigenvalue weighted by atomic mass is 10.2. The van der Waals surface area contributed by atoms with Gasteiger partial charge in [0.25, 0.3) is 0 Å². The lowest BCUT2D eigenvalue weighted by Gasteiger charge is -2.00. The molecule has 17 heavy (non-hydrogen) atoms. The third kappa shape index (κ3) is 3.50. The van der Waals surface area contributed by atoms with E-state index in [-0.39, 0.29) is 5.82 Å². The molecule has 90 valence electrons. The topological polar surface area (TPSA) is 25.8 Å². The number of aromatic nitrogens is 2. The van der Waals surface area contributed by atoms with Gasteiger partial charge in [-0.05, 0) is 45.2 Å². The van der Waals surface area contributed by atoms with E-state index in [1.807, 2.05) is 6.92 Å². The van der Waals surface area contributed by atoms with Gasteiger partial charge in [0.1, 0.15) is 11.6 Å². The van der Waals surface area contributed by atoms with Crippen molar-refractivity contribution in [3.05, 3.63) is 39.9 Å². The number of aryl methyl sites for hydroxylation is 1. The summed E-state index contributed by atoms with van der Waals surface area (Å²) in [4.78, 5) is 4.37. The molecule has 0 saturated carbocycles. The van der Waals surface area contributed by atoms with E-state index in [0.29, 0.717) is 4.47 Å². The van der Waals surface area contributed by atoms with Gasteiger partial charge in [0.15, 0.2) is 4.34 Å². The van der Waals surface area contributed by atoms with Gasteiger partial charge >= 0.3 is 0 Å². The molecule has 1 aromatic heterocycles. The molecule has 1 heterocycles. The minimum absolute atomic E-state index is 0.233. The normalized spacial score (nSPS) is 10.8. The Balaban J connectivity index is 1.99. The molecule has 0 saturated heterocycles. The summed E-state index contributed by atoms with van der Waals surface area (Å²) in [7, 11) is 0. The Kier molecular flexibility index (Phi) is 4.53. The lowest BCUT2D eigenvalue weighted by Crippen LogP contribution is -1.84. The van der Waals surface area contributed by atoms with Gasteiger partial charge in [-0.1, -0.05) is 24.8 Å². The van der Waals surface area contributed by atoms with Crippen molar-refractivity contribution in [2.75, 3.05) is 0 Å². The number of nitrogens with zero attached hydrogens (tertiary/aromatic N) is 2. The van der Waals surface area contributed by atoms with Crippen molar-refractivity contribution in [1.29, 1.82) is 0 Å². The zero-order valence-corrected chi connectivity index (χ0v) is 12.3. The fourth-order valence-electron chi connectivity index (χ4n) is 1.21. The van der Waals surface area contributed by atoms with Crippen molar-refractivity contribution in [3.63, 3.8) is 0 Å². The van der Waals surface area contributed by atoms with E-state index in [9.17, 15) is 4.39 Å². The van der Waals surface area contributed by atoms with E-state index in [4.69, 9.17) is 0 Å². The van der Waals surface area contributed by atoms with Crippen LogP contribution in [0.4, 0.5) is 4.39 Å². The third-order valence-corrected chi connectivity index (χ3v) is 4.66. The Morgan fingerprint density at radius 2 is 2.29 bits per heavy atom. The molecule has 0 amide bonds. The molecule has 0 aliphatic heterocycles. The van der Waals surface area contributed by atoms with Crippen molar-refractivity contribution in [1.82, 2.24) is 9.36 Å². The molecule has 0 aliphatic carbocycles. The molecule has 6 heteroatoms. The van der Waals surface area contributed by atoms with Crippen LogP contribution in [0.1, 0.15) is 18.3 Å². The van der Waals surface area contributed by atoms with Gasteiger partial charge < -0.3 is 0 Å². The van der Waals surface area contributed by atoms with Crippen molar-refractivity contribution >= 4 is 39.2 Å². The Bertz CT molecular complexity index is 516. The predicted molar refractivity (Wildman–Crippen MR) is 72.9 cm³/mol. The summed E-state index contributed by atoms with van der Waals surface area (Å²) < 4.78 is 18.7. The molecule has 2 aromatic rings. The number of halogens is 2. The van der Waals surface area contributed by atoms with Crippen LogP contribution in [0.25, 0.3) is 0 Å². The van der Waals surface area contributed by atoms with Crippen molar-refractivity contribution in [2.45, 2.75) is 23.4 Å². The Labute approximate surface area is 116 Å². The predicted octanol–water partition coefficient (Wildman–Crippen LogP) is 4.29. The van der Waals surface area contributed by atoms with Crippen LogP contribution in [0.5, 0.6) is 0 Å². The Morgan fingerprint density at radius 3 is 2.94 bits per heavy atom. The molecule has 0 radical (unpaired) electrons. The molecule has 2 rings (SSSR count). The van der Waals surface area contributed by atoms with Gasteiger partial charge in [0, 0.05) is 12.2 Å². The minimum Gasteiger partial charge on any atom is -0.213 e. The molecule has 0 N–H and O–H groups in total. The summed E-state index contributed by atoms with van der Waals surface area (Å²) in [5.41, 5.74) is 1.07. The highest BCUT2D eigenvalue weighted by atomic mass is 79.9. The summed E-state index contributed by atoms with van der Waals surface area (Å²) in [6.45, 7) is 2.04. The first kappa shape index (κ1) is 13.0. The molecule has 0 unspecified atom stereocenters. The van der Waals surface area contributed by atoms with Crippen molar-refractivity contribution < 1.29 is 4.39 Å². The maximum absolute atomic E-state index is 13.0. The first-order valence-corrected chi connectivity index (χ1v) is 7.63. The summed E-state index contributed by atoms with van der Waals surface area (Å²) in [5.74, 6) is 1.43. The van der Waals surface area contributed by atoms with Crippen LogP contribution in [0, 0.1) is 5.82 Å². The smallest absolute Gasteiger partial charge is 0.170 e. The SMILES string of the molecule is CCc1nsc(SCc2ccc(F)c(Br)c2)n1. The van der Waals surface area contributed by atoms with Gasteiger partial charge in [0.2, 0.25) is 0 Å². The first-order valence-electron chi connectivity index (χ1n) is 5.08. The van der Waals surface area contributed by atoms with E-state index in [1.54, 1.807) is 23.9 Å². The average Bonchev–Trinajstić information content (AvgIpc) is 2.79. The number of benzene rings is 1. The average molecular weight is 333 g/mol. The first-order chi connectivity index (χ1) is 8.19. The highest BCUT2D eigenvalue weighted by Crippen LogP contribution is 2.26. The largest absolute Gasteiger partial charge is 0.213 e. The van der Waals surface area contributed by atoms with E-state index >= 15 is 0 Å². The maximum atomic E-state index is 13.0. The molecule has 0 bridgehead atoms. The summed E-state index contributed by atoms with van der Waals surface area (Å²) in [6, 6.07) is 5.05. The van der Waals surface area contributed by atoms with Crippen LogP contribution in [-0.2, 0) is 12.2 Å². The Morgan fingerprint density at radius 1 is 1.47 bits per heavy atom. The van der Waals surface area contributed by atoms with Crippen LogP contribution < -0.4 is 0 Å². The van der Waals surface area contributed by atoms with E-state index in [0.717, 1.165) is 27.9 Å². The maximum Gasteiger partial charge on any atom is 0.170 e. The quantitative estimate of drug-likeness (QED) is 0.781. The standard InChI is InChI=1S/C11H10BrFN2S2/c1-2-10-14-11(17-15-10)16-6-7-3-4-9(13)8(12)5-7/h3-5H,2,6H2,1H3. The molecule has 2 nitrogen and oxygen atoms in total. The second kappa shape index (κ2) is 5.93. The van der Waals surface area contributed by atoms with E-state index < -0.39 is 0 Å². The van der Waals surface area contributed by atoms with Gasteiger partial charge in [-0.15, -0.1) is 0 Å². The van der Waals surface area contributed by atoms with Crippen LogP contribution >= 0.6 is 39.2 Å². The molecular weight excluding hydrogens is 323 g/mol. The third-order valence-electron chi connectivity index (χ3n) is 2.11. The Hall–Kier alpha value is -0.460. The number of hydrogen-bond acceptors (Lipinski definition) is 4. The second-order valence-corrected chi connectivity index (χ2v) is 6.20. The monoisotopic (exact) mass is 332 g/mol. The van der Waals surface area contributed by atoms with Crippen LogP contribution in [0.2, 0.25) is 0 Å². The number of rotatable bonds is 4. The van der Waals surface area contributed by atoms with Gasteiger partial charge in [-0.2, -0.15) is 4.37 Å². The molecule has 1 aromatic carbocycles. The fraction of sp³-hybridized carbons (Fsp3) is 0.273. The van der Waals surface area contributed by atoms with Crippen LogP contribution in [0.3, 0.4) is 0 Å². The highest BCUT2D eigenvalue weighted by molar-refractivity contribution is 9.10. The van der Waals surface area contributed by atoms with E-state index in [1.165, 1.54) is 17.6 Å². The lowest BCUT2D eigenvalue weighted by molar-refractivity contribution is 0.620. The van der Waals surface area contributed by atoms with E-state index in [2.05, 4.69) is 25.3 Å². The van der Waals surface area contributed by atoms with Gasteiger partial charge in [-0.3, -0.25) is 0 Å². The minimum atomic E-state index is -0.233. The zero-order valence-electron chi connectivity index (χ0n) is 9.11. The molecule has 0 fully saturated rings. The zero-order chi connectivity index (χ0) is 12.3. The van der Waals surface area contributed by atoms with Crippen molar-refractivity contribution in [3.8, 4) is 0 Å². The molecule has 0 spiro atoms. The summed E-state index contributed by atoms with van der Waals surface area (Å²) >= 11 is 6.22. The molecular formula is C11H10BrFN2S2. The number of thioether (sulfide) groups is 1. The fourth-order valence-corrected chi connectivity index (χ4v) is 3.28. The molecule has 0 aliphatic rings. The summed E-state index contributed by atoms with van der Waals surface area (Å²) in [5, 5.41) is 0. The van der Waals surface area contributed by atoms with Gasteiger partial charge in [0.05, 0.1) is 4.47 Å². The van der Waals surface area contributed by atoms with Gasteiger partial charge in [-0.25, -0.2) is 9.37 Å². The van der Waals surface area contributed by atoms with Crippen LogP contribution in [-0.4, -0.2) is 9.36 Å². The van der Waals surface area contributed by atoms with Crippen LogP contribution in [0.15, 0.2) is 27.0 Å². The second-order valence-electron chi connectivity index (χ2n) is 3.37. The van der Waals surface area contributed by atoms with Crippen molar-refractivity contribution in [2.24, 2.45) is 0 Å². The highest BCUT2D eigenvalue weighted by Gasteiger charge is 2.05. The number of hydrogen-bond donors (Lipinski definition) is 0. The summed E-state index contributed by atoms with van der Waals surface area (Å²) in [6.07, 6.45) is 0.860. The molecule has 0 atom stereocenters.